The van der Waals surface area contributed by atoms with E-state index in [-0.39, 0.29) is 18.5 Å². The average molecular weight is 405 g/mol. The molecule has 8 nitrogen and oxygen atoms in total. The van der Waals surface area contributed by atoms with Crippen LogP contribution in [0.4, 0.5) is 0 Å². The Morgan fingerprint density at radius 2 is 1.21 bits per heavy atom. The molecule has 0 saturated carbocycles. The molecule has 0 aliphatic rings. The van der Waals surface area contributed by atoms with Crippen LogP contribution in [0, 0.1) is 0 Å². The van der Waals surface area contributed by atoms with Crippen LogP contribution in [0.25, 0.3) is 0 Å². The molecule has 0 aromatic carbocycles. The Balaban J connectivity index is 0. The minimum atomic E-state index is -0.161. The summed E-state index contributed by atoms with van der Waals surface area (Å²) in [5, 5.41) is 8.58. The van der Waals surface area contributed by atoms with Crippen molar-refractivity contribution in [2.45, 2.75) is 51.4 Å². The van der Waals surface area contributed by atoms with Gasteiger partial charge in [-0.25, -0.2) is 0 Å². The van der Waals surface area contributed by atoms with Crippen molar-refractivity contribution >= 4 is 18.2 Å². The molecule has 0 atom stereocenters. The second-order valence-electron chi connectivity index (χ2n) is 6.71. The summed E-state index contributed by atoms with van der Waals surface area (Å²) in [4.78, 5) is 35.9. The molecular formula is C20H40N2O6. The van der Waals surface area contributed by atoms with Gasteiger partial charge in [0.25, 0.3) is 0 Å². The van der Waals surface area contributed by atoms with Crippen molar-refractivity contribution < 1.29 is 29.0 Å². The molecule has 8 heteroatoms. The van der Waals surface area contributed by atoms with Gasteiger partial charge >= 0.3 is 11.9 Å². The zero-order valence-corrected chi connectivity index (χ0v) is 18.2. The predicted molar refractivity (Wildman–Crippen MR) is 109 cm³/mol. The van der Waals surface area contributed by atoms with Gasteiger partial charge < -0.3 is 29.2 Å². The summed E-state index contributed by atoms with van der Waals surface area (Å²) in [5.41, 5.74) is 0. The molecule has 28 heavy (non-hydrogen) atoms. The van der Waals surface area contributed by atoms with Crippen LogP contribution in [0.15, 0.2) is 0 Å². The van der Waals surface area contributed by atoms with Crippen molar-refractivity contribution in [2.75, 3.05) is 61.1 Å². The topological polar surface area (TPSA) is 96.4 Å². The van der Waals surface area contributed by atoms with Gasteiger partial charge in [-0.2, -0.15) is 0 Å². The van der Waals surface area contributed by atoms with E-state index in [0.717, 1.165) is 64.6 Å². The van der Waals surface area contributed by atoms with Crippen LogP contribution < -0.4 is 0 Å². The smallest absolute Gasteiger partial charge is 0.305 e. The Labute approximate surface area is 170 Å². The Morgan fingerprint density at radius 3 is 1.61 bits per heavy atom. The summed E-state index contributed by atoms with van der Waals surface area (Å²) in [6, 6.07) is 0. The van der Waals surface area contributed by atoms with Crippen LogP contribution in [0.1, 0.15) is 51.4 Å². The molecule has 0 bridgehead atoms. The lowest BCUT2D eigenvalue weighted by atomic mass is 10.2. The van der Waals surface area contributed by atoms with Crippen molar-refractivity contribution in [3.8, 4) is 0 Å². The van der Waals surface area contributed by atoms with Gasteiger partial charge in [-0.05, 0) is 72.4 Å². The van der Waals surface area contributed by atoms with E-state index in [1.54, 1.807) is 0 Å². The molecule has 166 valence electrons. The standard InChI is InChI=1S/C10H21NO3.C10H19NO3/c2*1-11(7-3-4-9-12)8-5-6-10(13)14-2/h12H,3-9H2,1-2H3;9H,3-8H2,1-2H3. The second-order valence-corrected chi connectivity index (χ2v) is 6.71. The van der Waals surface area contributed by atoms with Crippen LogP contribution >= 0.6 is 0 Å². The number of nitrogens with zero attached hydrogens (tertiary/aromatic N) is 2. The van der Waals surface area contributed by atoms with Gasteiger partial charge in [-0.1, -0.05) is 0 Å². The normalized spacial score (nSPS) is 10.4. The lowest BCUT2D eigenvalue weighted by Gasteiger charge is -2.15. The molecule has 0 radical (unpaired) electrons. The molecule has 0 rings (SSSR count). The van der Waals surface area contributed by atoms with Gasteiger partial charge in [-0.15, -0.1) is 0 Å². The Kier molecular flexibility index (Phi) is 22.3. The van der Waals surface area contributed by atoms with Gasteiger partial charge in [-0.3, -0.25) is 9.59 Å². The van der Waals surface area contributed by atoms with E-state index in [0.29, 0.717) is 19.3 Å². The number of carbonyl (C=O) groups is 3. The number of aliphatic hydroxyl groups excluding tert-OH is 1. The van der Waals surface area contributed by atoms with Gasteiger partial charge in [0.2, 0.25) is 0 Å². The molecule has 0 saturated heterocycles. The highest BCUT2D eigenvalue weighted by molar-refractivity contribution is 5.69. The minimum absolute atomic E-state index is 0.145. The number of esters is 2. The summed E-state index contributed by atoms with van der Waals surface area (Å²) in [6.07, 6.45) is 6.89. The molecule has 1 N–H and O–H groups in total. The number of rotatable bonds is 16. The maximum Gasteiger partial charge on any atom is 0.305 e. The number of carbonyl (C=O) groups excluding carboxylic acids is 3. The zero-order chi connectivity index (χ0) is 21.6. The third-order valence-electron chi connectivity index (χ3n) is 4.11. The maximum absolute atomic E-state index is 10.8. The molecule has 0 amide bonds. The number of aliphatic hydroxyl groups is 1. The van der Waals surface area contributed by atoms with Crippen molar-refractivity contribution in [3.63, 3.8) is 0 Å². The summed E-state index contributed by atoms with van der Waals surface area (Å²) >= 11 is 0. The largest absolute Gasteiger partial charge is 0.469 e. The van der Waals surface area contributed by atoms with Gasteiger partial charge in [0.1, 0.15) is 6.29 Å². The quantitative estimate of drug-likeness (QED) is 0.235. The predicted octanol–water partition coefficient (Wildman–Crippen LogP) is 1.49. The number of methoxy groups -OCH3 is 2. The van der Waals surface area contributed by atoms with Crippen molar-refractivity contribution in [3.05, 3.63) is 0 Å². The number of ether oxygens (including phenoxy) is 2. The fraction of sp³-hybridized carbons (Fsp3) is 0.850. The second kappa shape index (κ2) is 21.8. The van der Waals surface area contributed by atoms with Crippen molar-refractivity contribution in [1.82, 2.24) is 9.80 Å². The van der Waals surface area contributed by atoms with E-state index < -0.39 is 0 Å². The third-order valence-corrected chi connectivity index (χ3v) is 4.11. The third kappa shape index (κ3) is 22.5. The Hall–Kier alpha value is -1.51. The van der Waals surface area contributed by atoms with E-state index in [2.05, 4.69) is 19.3 Å². The summed E-state index contributed by atoms with van der Waals surface area (Å²) in [5.74, 6) is -0.306. The molecule has 0 aromatic rings. The van der Waals surface area contributed by atoms with Crippen LogP contribution in [0.2, 0.25) is 0 Å². The SMILES string of the molecule is COC(=O)CCCN(C)CCCC=O.COC(=O)CCCN(C)CCCCO. The van der Waals surface area contributed by atoms with E-state index in [9.17, 15) is 14.4 Å². The molecule has 0 aromatic heterocycles. The van der Waals surface area contributed by atoms with Crippen LogP contribution in [0.5, 0.6) is 0 Å². The Morgan fingerprint density at radius 1 is 0.786 bits per heavy atom. The van der Waals surface area contributed by atoms with E-state index in [4.69, 9.17) is 5.11 Å². The number of hydrogen-bond donors (Lipinski definition) is 1. The van der Waals surface area contributed by atoms with E-state index in [1.807, 2.05) is 14.1 Å². The van der Waals surface area contributed by atoms with Crippen molar-refractivity contribution in [1.29, 1.82) is 0 Å². The first kappa shape index (κ1) is 28.7. The molecule has 0 spiro atoms. The van der Waals surface area contributed by atoms with Gasteiger partial charge in [0, 0.05) is 25.9 Å². The highest BCUT2D eigenvalue weighted by atomic mass is 16.5. The monoisotopic (exact) mass is 404 g/mol. The first-order valence-corrected chi connectivity index (χ1v) is 9.96. The Bertz CT molecular complexity index is 393. The molecular weight excluding hydrogens is 364 g/mol. The number of hydrogen-bond acceptors (Lipinski definition) is 8. The maximum atomic E-state index is 10.8. The summed E-state index contributed by atoms with van der Waals surface area (Å²) in [6.45, 7) is 3.91. The molecule has 0 aliphatic carbocycles. The average Bonchev–Trinajstić information content (AvgIpc) is 2.68. The number of aldehydes is 1. The fourth-order valence-electron chi connectivity index (χ4n) is 2.35. The van der Waals surface area contributed by atoms with Crippen molar-refractivity contribution in [2.24, 2.45) is 0 Å². The van der Waals surface area contributed by atoms with Gasteiger partial charge in [0.05, 0.1) is 14.2 Å². The molecule has 0 fully saturated rings. The summed E-state index contributed by atoms with van der Waals surface area (Å²) in [7, 11) is 6.82. The van der Waals surface area contributed by atoms with Gasteiger partial charge in [0.15, 0.2) is 0 Å². The molecule has 0 heterocycles. The number of unbranched alkanes of at least 4 members (excludes halogenated alkanes) is 2. The first-order valence-electron chi connectivity index (χ1n) is 9.96. The van der Waals surface area contributed by atoms with Crippen LogP contribution in [-0.2, 0) is 23.9 Å². The van der Waals surface area contributed by atoms with Crippen LogP contribution in [0.3, 0.4) is 0 Å². The highest BCUT2D eigenvalue weighted by Gasteiger charge is 2.03. The molecule has 0 unspecified atom stereocenters. The van der Waals surface area contributed by atoms with E-state index >= 15 is 0 Å². The fourth-order valence-corrected chi connectivity index (χ4v) is 2.35. The van der Waals surface area contributed by atoms with Crippen LogP contribution in [-0.4, -0.2) is 94.2 Å². The lowest BCUT2D eigenvalue weighted by Crippen LogP contribution is -2.21. The lowest BCUT2D eigenvalue weighted by molar-refractivity contribution is -0.141. The first-order chi connectivity index (χ1) is 13.4. The zero-order valence-electron chi connectivity index (χ0n) is 18.2. The minimum Gasteiger partial charge on any atom is -0.469 e. The highest BCUT2D eigenvalue weighted by Crippen LogP contribution is 1.98. The summed E-state index contributed by atoms with van der Waals surface area (Å²) < 4.78 is 9.07. The molecule has 0 aliphatic heterocycles. The van der Waals surface area contributed by atoms with E-state index in [1.165, 1.54) is 14.2 Å².